The second kappa shape index (κ2) is 6.57. The van der Waals surface area contributed by atoms with E-state index in [0.29, 0.717) is 17.2 Å². The standard InChI is InChI=1S/C20H15N5O/c1-26-18-5-3-2-4-16(18)17-13-25-12-15(19(21)24-20(25)23-17)7-6-14-8-10-22-11-9-14/h2-5,8-13H,1H3,(H2,21,23,24). The molecule has 0 aliphatic rings. The van der Waals surface area contributed by atoms with Gasteiger partial charge in [0.1, 0.15) is 11.6 Å². The monoisotopic (exact) mass is 341 g/mol. The zero-order valence-electron chi connectivity index (χ0n) is 14.0. The molecule has 0 aliphatic carbocycles. The van der Waals surface area contributed by atoms with Crippen molar-refractivity contribution in [1.29, 1.82) is 0 Å². The van der Waals surface area contributed by atoms with E-state index in [1.807, 2.05) is 53.2 Å². The van der Waals surface area contributed by atoms with Crippen molar-refractivity contribution in [3.8, 4) is 28.8 Å². The van der Waals surface area contributed by atoms with Crippen LogP contribution < -0.4 is 10.5 Å². The summed E-state index contributed by atoms with van der Waals surface area (Å²) in [6.07, 6.45) is 7.11. The van der Waals surface area contributed by atoms with Crippen molar-refractivity contribution in [3.05, 3.63) is 72.3 Å². The van der Waals surface area contributed by atoms with Crippen LogP contribution in [0.1, 0.15) is 11.1 Å². The van der Waals surface area contributed by atoms with Crippen molar-refractivity contribution >= 4 is 11.6 Å². The number of fused-ring (bicyclic) bond motifs is 1. The van der Waals surface area contributed by atoms with Gasteiger partial charge in [0.05, 0.1) is 18.4 Å². The minimum Gasteiger partial charge on any atom is -0.496 e. The number of benzene rings is 1. The summed E-state index contributed by atoms with van der Waals surface area (Å²) in [5.41, 5.74) is 9.20. The van der Waals surface area contributed by atoms with Crippen LogP contribution in [0.25, 0.3) is 17.0 Å². The molecule has 3 aromatic heterocycles. The first-order chi connectivity index (χ1) is 12.7. The topological polar surface area (TPSA) is 78.3 Å². The number of aromatic nitrogens is 4. The predicted octanol–water partition coefficient (Wildman–Crippen LogP) is 2.78. The molecule has 0 radical (unpaired) electrons. The third kappa shape index (κ3) is 2.94. The van der Waals surface area contributed by atoms with E-state index in [9.17, 15) is 0 Å². The van der Waals surface area contributed by atoms with Crippen LogP contribution in [0, 0.1) is 11.8 Å². The van der Waals surface area contributed by atoms with Gasteiger partial charge in [-0.25, -0.2) is 4.98 Å². The maximum Gasteiger partial charge on any atom is 0.236 e. The van der Waals surface area contributed by atoms with Gasteiger partial charge in [-0.3, -0.25) is 9.38 Å². The summed E-state index contributed by atoms with van der Waals surface area (Å²) in [4.78, 5) is 12.9. The van der Waals surface area contributed by atoms with Crippen molar-refractivity contribution in [2.75, 3.05) is 12.8 Å². The molecule has 0 saturated carbocycles. The van der Waals surface area contributed by atoms with E-state index in [2.05, 4.69) is 26.8 Å². The lowest BCUT2D eigenvalue weighted by atomic mass is 10.1. The summed E-state index contributed by atoms with van der Waals surface area (Å²) < 4.78 is 7.22. The molecule has 0 spiro atoms. The third-order valence-electron chi connectivity index (χ3n) is 3.88. The Bertz CT molecular complexity index is 1140. The molecule has 0 saturated heterocycles. The van der Waals surface area contributed by atoms with Crippen molar-refractivity contribution in [2.45, 2.75) is 0 Å². The number of hydrogen-bond acceptors (Lipinski definition) is 5. The normalized spacial score (nSPS) is 10.3. The SMILES string of the molecule is COc1ccccc1-c1cn2cc(C#Cc3ccncc3)c(N)nc2n1. The Labute approximate surface area is 150 Å². The number of para-hydroxylation sites is 1. The maximum atomic E-state index is 6.05. The fraction of sp³-hybridized carbons (Fsp3) is 0.0500. The van der Waals surface area contributed by atoms with E-state index in [4.69, 9.17) is 10.5 Å². The molecule has 1 aromatic carbocycles. The number of hydrogen-bond donors (Lipinski definition) is 1. The average Bonchev–Trinajstić information content (AvgIpc) is 3.09. The van der Waals surface area contributed by atoms with Crippen LogP contribution in [-0.2, 0) is 0 Å². The Morgan fingerprint density at radius 2 is 1.81 bits per heavy atom. The number of pyridine rings is 1. The molecule has 0 amide bonds. The molecule has 3 heterocycles. The molecular weight excluding hydrogens is 326 g/mol. The number of ether oxygens (including phenoxy) is 1. The van der Waals surface area contributed by atoms with Crippen LogP contribution >= 0.6 is 0 Å². The molecule has 6 heteroatoms. The van der Waals surface area contributed by atoms with Gasteiger partial charge in [0.15, 0.2) is 0 Å². The van der Waals surface area contributed by atoms with E-state index < -0.39 is 0 Å². The molecule has 4 aromatic rings. The lowest BCUT2D eigenvalue weighted by Crippen LogP contribution is -1.99. The zero-order chi connectivity index (χ0) is 17.9. The summed E-state index contributed by atoms with van der Waals surface area (Å²) in [5, 5.41) is 0. The second-order valence-electron chi connectivity index (χ2n) is 5.56. The molecule has 0 unspecified atom stereocenters. The van der Waals surface area contributed by atoms with Gasteiger partial charge in [-0.15, -0.1) is 0 Å². The Morgan fingerprint density at radius 1 is 1.00 bits per heavy atom. The van der Waals surface area contributed by atoms with Crippen LogP contribution in [0.5, 0.6) is 5.75 Å². The van der Waals surface area contributed by atoms with Crippen molar-refractivity contribution in [2.24, 2.45) is 0 Å². The van der Waals surface area contributed by atoms with Crippen molar-refractivity contribution < 1.29 is 4.74 Å². The Kier molecular flexibility index (Phi) is 3.96. The van der Waals surface area contributed by atoms with Crippen LogP contribution in [0.4, 0.5) is 5.82 Å². The quantitative estimate of drug-likeness (QED) is 0.567. The van der Waals surface area contributed by atoms with Gasteiger partial charge in [0, 0.05) is 35.9 Å². The van der Waals surface area contributed by atoms with Gasteiger partial charge in [0.2, 0.25) is 5.78 Å². The van der Waals surface area contributed by atoms with Crippen LogP contribution in [-0.4, -0.2) is 26.5 Å². The van der Waals surface area contributed by atoms with E-state index in [-0.39, 0.29) is 0 Å². The maximum absolute atomic E-state index is 6.05. The number of anilines is 1. The summed E-state index contributed by atoms with van der Waals surface area (Å²) in [6, 6.07) is 11.4. The fourth-order valence-electron chi connectivity index (χ4n) is 2.59. The second-order valence-corrected chi connectivity index (χ2v) is 5.56. The molecule has 0 fully saturated rings. The van der Waals surface area contributed by atoms with Gasteiger partial charge in [-0.1, -0.05) is 24.0 Å². The van der Waals surface area contributed by atoms with Gasteiger partial charge in [-0.2, -0.15) is 4.98 Å². The smallest absolute Gasteiger partial charge is 0.236 e. The summed E-state index contributed by atoms with van der Waals surface area (Å²) >= 11 is 0. The minimum atomic E-state index is 0.344. The molecular formula is C20H15N5O. The number of methoxy groups -OCH3 is 1. The Hall–Kier alpha value is -3.85. The number of nitrogens with zero attached hydrogens (tertiary/aromatic N) is 4. The molecule has 0 atom stereocenters. The molecule has 0 bridgehead atoms. The van der Waals surface area contributed by atoms with E-state index in [0.717, 1.165) is 22.6 Å². The molecule has 2 N–H and O–H groups in total. The zero-order valence-corrected chi connectivity index (χ0v) is 14.0. The van der Waals surface area contributed by atoms with Gasteiger partial charge < -0.3 is 10.5 Å². The minimum absolute atomic E-state index is 0.344. The lowest BCUT2D eigenvalue weighted by molar-refractivity contribution is 0.416. The van der Waals surface area contributed by atoms with Crippen LogP contribution in [0.2, 0.25) is 0 Å². The van der Waals surface area contributed by atoms with E-state index >= 15 is 0 Å². The Balaban J connectivity index is 1.77. The molecule has 4 rings (SSSR count). The average molecular weight is 341 g/mol. The van der Waals surface area contributed by atoms with Gasteiger partial charge in [-0.05, 0) is 24.3 Å². The van der Waals surface area contributed by atoms with Gasteiger partial charge in [0.25, 0.3) is 0 Å². The largest absolute Gasteiger partial charge is 0.496 e. The molecule has 6 nitrogen and oxygen atoms in total. The molecule has 0 aliphatic heterocycles. The fourth-order valence-corrected chi connectivity index (χ4v) is 2.59. The highest BCUT2D eigenvalue weighted by Gasteiger charge is 2.11. The first-order valence-electron chi connectivity index (χ1n) is 7.95. The number of nitrogens with two attached hydrogens (primary N) is 1. The number of imidazole rings is 1. The summed E-state index contributed by atoms with van der Waals surface area (Å²) in [5.74, 6) is 7.72. The van der Waals surface area contributed by atoms with E-state index in [1.54, 1.807) is 19.5 Å². The highest BCUT2D eigenvalue weighted by molar-refractivity contribution is 5.69. The number of nitrogen functional groups attached to an aromatic ring is 1. The Morgan fingerprint density at radius 3 is 2.62 bits per heavy atom. The van der Waals surface area contributed by atoms with Crippen molar-refractivity contribution in [1.82, 2.24) is 19.4 Å². The highest BCUT2D eigenvalue weighted by atomic mass is 16.5. The van der Waals surface area contributed by atoms with E-state index in [1.165, 1.54) is 0 Å². The van der Waals surface area contributed by atoms with Crippen LogP contribution in [0.3, 0.4) is 0 Å². The number of rotatable bonds is 2. The van der Waals surface area contributed by atoms with Crippen molar-refractivity contribution in [3.63, 3.8) is 0 Å². The summed E-state index contributed by atoms with van der Waals surface area (Å²) in [7, 11) is 1.64. The molecule has 126 valence electrons. The van der Waals surface area contributed by atoms with Gasteiger partial charge >= 0.3 is 0 Å². The first kappa shape index (κ1) is 15.7. The predicted molar refractivity (Wildman–Crippen MR) is 99.6 cm³/mol. The lowest BCUT2D eigenvalue weighted by Gasteiger charge is -2.04. The third-order valence-corrected chi connectivity index (χ3v) is 3.88. The molecule has 26 heavy (non-hydrogen) atoms. The first-order valence-corrected chi connectivity index (χ1v) is 7.95. The summed E-state index contributed by atoms with van der Waals surface area (Å²) in [6.45, 7) is 0. The van der Waals surface area contributed by atoms with Crippen LogP contribution in [0.15, 0.2) is 61.2 Å². The highest BCUT2D eigenvalue weighted by Crippen LogP contribution is 2.29.